The van der Waals surface area contributed by atoms with Crippen LogP contribution in [0.1, 0.15) is 46.1 Å². The van der Waals surface area contributed by atoms with Crippen LogP contribution in [0.5, 0.6) is 0 Å². The standard InChI is InChI=1S/C27H32N10O/c1-5-18-7-6-12-36(15-18)23-13-19(10-11-28-23)25-21-14-20(8-9-22(21)30-31-25)29-26(38)24-16(2)35(4)27-32-33-34-37(27)17(24)3/h8-11,13-14,17-18H,5-7,12,15H2,1-4H3,(H,29,38)(H,30,31)/t17-,18-/m1/s1. The van der Waals surface area contributed by atoms with Crippen LogP contribution in [0.4, 0.5) is 17.5 Å². The number of rotatable bonds is 5. The Bertz CT molecular complexity index is 1540. The SMILES string of the molecule is CC[C@@H]1CCCN(c2cc(-c3n[nH]c4ccc(NC(=O)C5=C(C)N(C)c6nnnn6[C@@H]5C)cc34)ccn2)C1. The van der Waals surface area contributed by atoms with Crippen molar-refractivity contribution in [3.63, 3.8) is 0 Å². The number of tetrazole rings is 1. The summed E-state index contributed by atoms with van der Waals surface area (Å²) in [5.41, 5.74) is 4.86. The van der Waals surface area contributed by atoms with E-state index in [2.05, 4.69) is 53.9 Å². The van der Waals surface area contributed by atoms with Gasteiger partial charge in [-0.25, -0.2) is 9.67 Å². The van der Waals surface area contributed by atoms with Crippen molar-refractivity contribution in [3.05, 3.63) is 47.8 Å². The van der Waals surface area contributed by atoms with Crippen molar-refractivity contribution in [3.8, 4) is 11.3 Å². The predicted octanol–water partition coefficient (Wildman–Crippen LogP) is 4.16. The summed E-state index contributed by atoms with van der Waals surface area (Å²) < 4.78 is 1.66. The number of fused-ring (bicyclic) bond motifs is 2. The highest BCUT2D eigenvalue weighted by Crippen LogP contribution is 2.34. The molecule has 2 aliphatic heterocycles. The Balaban J connectivity index is 1.28. The van der Waals surface area contributed by atoms with Gasteiger partial charge in [-0.05, 0) is 73.4 Å². The first kappa shape index (κ1) is 24.1. The average molecular weight is 513 g/mol. The summed E-state index contributed by atoms with van der Waals surface area (Å²) in [7, 11) is 1.86. The van der Waals surface area contributed by atoms with Gasteiger partial charge in [0, 0.05) is 48.7 Å². The van der Waals surface area contributed by atoms with Crippen molar-refractivity contribution >= 4 is 34.3 Å². The number of anilines is 3. The monoisotopic (exact) mass is 512 g/mol. The van der Waals surface area contributed by atoms with E-state index in [0.717, 1.165) is 46.8 Å². The fourth-order valence-electron chi connectivity index (χ4n) is 5.62. The molecule has 11 heteroatoms. The summed E-state index contributed by atoms with van der Waals surface area (Å²) in [4.78, 5) is 22.3. The molecule has 1 saturated heterocycles. The molecule has 0 radical (unpaired) electrons. The molecule has 6 rings (SSSR count). The molecule has 2 N–H and O–H groups in total. The quantitative estimate of drug-likeness (QED) is 0.409. The molecule has 1 aromatic carbocycles. The average Bonchev–Trinajstić information content (AvgIpc) is 3.60. The van der Waals surface area contributed by atoms with E-state index in [1.165, 1.54) is 19.3 Å². The zero-order chi connectivity index (χ0) is 26.4. The second kappa shape index (κ2) is 9.55. The van der Waals surface area contributed by atoms with Crippen LogP contribution in [-0.2, 0) is 4.79 Å². The van der Waals surface area contributed by atoms with E-state index in [1.807, 2.05) is 56.3 Å². The van der Waals surface area contributed by atoms with Gasteiger partial charge in [0.1, 0.15) is 11.5 Å². The highest BCUT2D eigenvalue weighted by Gasteiger charge is 2.32. The molecule has 2 aliphatic rings. The van der Waals surface area contributed by atoms with Gasteiger partial charge in [-0.3, -0.25) is 9.89 Å². The molecule has 0 bridgehead atoms. The molecule has 0 spiro atoms. The van der Waals surface area contributed by atoms with E-state index in [1.54, 1.807) is 4.68 Å². The summed E-state index contributed by atoms with van der Waals surface area (Å²) in [6.45, 7) is 8.17. The second-order valence-electron chi connectivity index (χ2n) is 10.2. The maximum absolute atomic E-state index is 13.5. The molecule has 0 unspecified atom stereocenters. The van der Waals surface area contributed by atoms with E-state index in [-0.39, 0.29) is 11.9 Å². The molecule has 3 aromatic heterocycles. The van der Waals surface area contributed by atoms with Crippen LogP contribution < -0.4 is 15.1 Å². The van der Waals surface area contributed by atoms with Gasteiger partial charge in [0.25, 0.3) is 5.91 Å². The van der Waals surface area contributed by atoms with Gasteiger partial charge in [-0.15, -0.1) is 0 Å². The van der Waals surface area contributed by atoms with Crippen LogP contribution in [-0.4, -0.2) is 61.4 Å². The molecule has 1 amide bonds. The molecular weight excluding hydrogens is 480 g/mol. The van der Waals surface area contributed by atoms with E-state index in [9.17, 15) is 4.79 Å². The molecule has 11 nitrogen and oxygen atoms in total. The molecule has 0 saturated carbocycles. The number of aromatic nitrogens is 7. The number of nitrogens with one attached hydrogen (secondary N) is 2. The zero-order valence-electron chi connectivity index (χ0n) is 22.1. The molecule has 4 aromatic rings. The van der Waals surface area contributed by atoms with Crippen molar-refractivity contribution < 1.29 is 4.79 Å². The fourth-order valence-corrected chi connectivity index (χ4v) is 5.62. The van der Waals surface area contributed by atoms with E-state index >= 15 is 0 Å². The molecular formula is C27H32N10O. The maximum Gasteiger partial charge on any atom is 0.255 e. The Morgan fingerprint density at radius 1 is 1.24 bits per heavy atom. The number of carbonyl (C=O) groups is 1. The molecule has 2 atom stereocenters. The smallest absolute Gasteiger partial charge is 0.255 e. The number of amides is 1. The van der Waals surface area contributed by atoms with Gasteiger partial charge in [-0.1, -0.05) is 18.4 Å². The van der Waals surface area contributed by atoms with E-state index < -0.39 is 0 Å². The molecule has 1 fully saturated rings. The summed E-state index contributed by atoms with van der Waals surface area (Å²) in [5, 5.41) is 23.7. The first-order valence-corrected chi connectivity index (χ1v) is 13.2. The largest absolute Gasteiger partial charge is 0.356 e. The number of allylic oxidation sites excluding steroid dienone is 1. The molecule has 196 valence electrons. The third-order valence-electron chi connectivity index (χ3n) is 7.96. The highest BCUT2D eigenvalue weighted by molar-refractivity contribution is 6.07. The van der Waals surface area contributed by atoms with Crippen molar-refractivity contribution in [1.82, 2.24) is 35.4 Å². The minimum atomic E-state index is -0.290. The van der Waals surface area contributed by atoms with Crippen LogP contribution in [0.15, 0.2) is 47.8 Å². The molecule has 38 heavy (non-hydrogen) atoms. The van der Waals surface area contributed by atoms with Crippen molar-refractivity contribution in [2.24, 2.45) is 5.92 Å². The highest BCUT2D eigenvalue weighted by atomic mass is 16.1. The Morgan fingerprint density at radius 2 is 2.11 bits per heavy atom. The van der Waals surface area contributed by atoms with Gasteiger partial charge < -0.3 is 15.1 Å². The summed E-state index contributed by atoms with van der Waals surface area (Å²) in [6, 6.07) is 9.61. The van der Waals surface area contributed by atoms with Gasteiger partial charge in [0.05, 0.1) is 17.1 Å². The number of hydrogen-bond donors (Lipinski definition) is 2. The van der Waals surface area contributed by atoms with Crippen molar-refractivity contribution in [1.29, 1.82) is 0 Å². The lowest BCUT2D eigenvalue weighted by atomic mass is 9.95. The van der Waals surface area contributed by atoms with Gasteiger partial charge in [0.2, 0.25) is 5.95 Å². The Hall–Kier alpha value is -4.28. The van der Waals surface area contributed by atoms with Gasteiger partial charge in [-0.2, -0.15) is 5.10 Å². The first-order chi connectivity index (χ1) is 18.4. The first-order valence-electron chi connectivity index (χ1n) is 13.2. The second-order valence-corrected chi connectivity index (χ2v) is 10.2. The topological polar surface area (TPSA) is 121 Å². The Labute approximate surface area is 220 Å². The van der Waals surface area contributed by atoms with Crippen LogP contribution in [0.25, 0.3) is 22.2 Å². The number of pyridine rings is 1. The van der Waals surface area contributed by atoms with Crippen LogP contribution in [0.2, 0.25) is 0 Å². The third kappa shape index (κ3) is 4.07. The number of H-pyrrole nitrogens is 1. The van der Waals surface area contributed by atoms with E-state index in [0.29, 0.717) is 23.1 Å². The Morgan fingerprint density at radius 3 is 2.95 bits per heavy atom. The number of piperidine rings is 1. The van der Waals surface area contributed by atoms with Crippen LogP contribution in [0.3, 0.4) is 0 Å². The molecule has 0 aliphatic carbocycles. The fraction of sp³-hybridized carbons (Fsp3) is 0.407. The zero-order valence-corrected chi connectivity index (χ0v) is 22.1. The summed E-state index contributed by atoms with van der Waals surface area (Å²) >= 11 is 0. The van der Waals surface area contributed by atoms with Crippen molar-refractivity contribution in [2.45, 2.75) is 46.1 Å². The van der Waals surface area contributed by atoms with E-state index in [4.69, 9.17) is 0 Å². The maximum atomic E-state index is 13.5. The van der Waals surface area contributed by atoms with Gasteiger partial charge in [0.15, 0.2) is 0 Å². The summed E-state index contributed by atoms with van der Waals surface area (Å²) in [5.74, 6) is 2.13. The van der Waals surface area contributed by atoms with Gasteiger partial charge >= 0.3 is 0 Å². The number of carbonyl (C=O) groups excluding carboxylic acids is 1. The summed E-state index contributed by atoms with van der Waals surface area (Å²) in [6.07, 6.45) is 5.53. The van der Waals surface area contributed by atoms with Crippen LogP contribution in [0, 0.1) is 5.92 Å². The lowest BCUT2D eigenvalue weighted by Crippen LogP contribution is -2.35. The number of benzene rings is 1. The third-order valence-corrected chi connectivity index (χ3v) is 7.96. The van der Waals surface area contributed by atoms with Crippen LogP contribution >= 0.6 is 0 Å². The number of aromatic amines is 1. The van der Waals surface area contributed by atoms with Crippen molar-refractivity contribution in [2.75, 3.05) is 35.3 Å². The normalized spacial score (nSPS) is 19.7. The Kier molecular flexibility index (Phi) is 6.05. The minimum absolute atomic E-state index is 0.186. The lowest BCUT2D eigenvalue weighted by Gasteiger charge is -2.33. The minimum Gasteiger partial charge on any atom is -0.356 e. The predicted molar refractivity (Wildman–Crippen MR) is 147 cm³/mol. The molecule has 5 heterocycles. The lowest BCUT2D eigenvalue weighted by molar-refractivity contribution is -0.113. The number of hydrogen-bond acceptors (Lipinski definition) is 8. The number of nitrogens with zero attached hydrogens (tertiary/aromatic N) is 8.